The van der Waals surface area contributed by atoms with E-state index in [4.69, 9.17) is 0 Å². The minimum atomic E-state index is 0.0487. The molecule has 0 amide bonds. The van der Waals surface area contributed by atoms with Crippen LogP contribution in [-0.2, 0) is 0 Å². The molecule has 0 unspecified atom stereocenters. The molecule has 3 nitrogen and oxygen atoms in total. The second-order valence-electron chi connectivity index (χ2n) is 5.11. The van der Waals surface area contributed by atoms with Crippen molar-refractivity contribution < 1.29 is 4.79 Å². The van der Waals surface area contributed by atoms with Gasteiger partial charge < -0.3 is 5.32 Å². The Balaban J connectivity index is 2.11. The molecule has 0 spiro atoms. The van der Waals surface area contributed by atoms with Gasteiger partial charge in [-0.15, -0.1) is 0 Å². The molecule has 0 fully saturated rings. The van der Waals surface area contributed by atoms with Crippen molar-refractivity contribution in [3.63, 3.8) is 0 Å². The lowest BCUT2D eigenvalue weighted by atomic mass is 10.1. The number of carbonyl (C=O) groups excluding carboxylic acids is 1. The minimum absolute atomic E-state index is 0.0487. The van der Waals surface area contributed by atoms with Crippen LogP contribution in [0.25, 0.3) is 10.9 Å². The number of nitrogens with zero attached hydrogens (tertiary/aromatic N) is 1. The molecule has 3 aromatic rings. The van der Waals surface area contributed by atoms with Crippen molar-refractivity contribution in [2.75, 3.05) is 5.32 Å². The topological polar surface area (TPSA) is 42.0 Å². The lowest BCUT2D eigenvalue weighted by molar-refractivity contribution is 0.101. The molecular formula is C18H16N2O. The van der Waals surface area contributed by atoms with Crippen molar-refractivity contribution in [1.29, 1.82) is 0 Å². The third-order valence-electron chi connectivity index (χ3n) is 3.47. The molecule has 1 aromatic heterocycles. The number of hydrogen-bond acceptors (Lipinski definition) is 3. The molecule has 0 aliphatic heterocycles. The van der Waals surface area contributed by atoms with E-state index < -0.39 is 0 Å². The molecule has 0 saturated heterocycles. The second-order valence-corrected chi connectivity index (χ2v) is 5.11. The smallest absolute Gasteiger partial charge is 0.161 e. The molecule has 0 bridgehead atoms. The summed E-state index contributed by atoms with van der Waals surface area (Å²) >= 11 is 0. The molecule has 0 aliphatic carbocycles. The molecular weight excluding hydrogens is 260 g/mol. The van der Waals surface area contributed by atoms with Crippen LogP contribution in [0.4, 0.5) is 11.4 Å². The van der Waals surface area contributed by atoms with Gasteiger partial charge in [0.15, 0.2) is 5.78 Å². The lowest BCUT2D eigenvalue weighted by Gasteiger charge is -2.12. The van der Waals surface area contributed by atoms with Gasteiger partial charge >= 0.3 is 0 Å². The quantitative estimate of drug-likeness (QED) is 0.717. The van der Waals surface area contributed by atoms with Gasteiger partial charge in [0.25, 0.3) is 0 Å². The number of benzene rings is 2. The minimum Gasteiger partial charge on any atom is -0.354 e. The van der Waals surface area contributed by atoms with Crippen LogP contribution < -0.4 is 5.32 Å². The monoisotopic (exact) mass is 276 g/mol. The van der Waals surface area contributed by atoms with Crippen molar-refractivity contribution in [3.05, 3.63) is 65.9 Å². The summed E-state index contributed by atoms with van der Waals surface area (Å²) in [7, 11) is 0. The van der Waals surface area contributed by atoms with E-state index in [1.165, 1.54) is 5.56 Å². The number of rotatable bonds is 3. The van der Waals surface area contributed by atoms with E-state index in [1.54, 1.807) is 13.1 Å². The van der Waals surface area contributed by atoms with E-state index in [0.717, 1.165) is 22.3 Å². The summed E-state index contributed by atoms with van der Waals surface area (Å²) in [6.07, 6.45) is 1.77. The fourth-order valence-corrected chi connectivity index (χ4v) is 2.41. The van der Waals surface area contributed by atoms with Crippen molar-refractivity contribution >= 4 is 28.1 Å². The summed E-state index contributed by atoms with van der Waals surface area (Å²) in [5, 5.41) is 4.41. The number of nitrogens with one attached hydrogen (secondary N) is 1. The normalized spacial score (nSPS) is 10.6. The predicted octanol–water partition coefficient (Wildman–Crippen LogP) is 4.49. The van der Waals surface area contributed by atoms with Gasteiger partial charge in [-0.2, -0.15) is 0 Å². The summed E-state index contributed by atoms with van der Waals surface area (Å²) in [6, 6.07) is 15.6. The van der Waals surface area contributed by atoms with Crippen LogP contribution in [-0.4, -0.2) is 10.8 Å². The molecule has 0 radical (unpaired) electrons. The highest BCUT2D eigenvalue weighted by Crippen LogP contribution is 2.27. The first kappa shape index (κ1) is 13.3. The Bertz CT molecular complexity index is 824. The zero-order valence-corrected chi connectivity index (χ0v) is 12.1. The van der Waals surface area contributed by atoms with Crippen LogP contribution in [0.2, 0.25) is 0 Å². The third-order valence-corrected chi connectivity index (χ3v) is 3.47. The molecule has 0 atom stereocenters. The van der Waals surface area contributed by atoms with Gasteiger partial charge in [-0.1, -0.05) is 23.8 Å². The second kappa shape index (κ2) is 5.37. The Labute approximate surface area is 123 Å². The van der Waals surface area contributed by atoms with Gasteiger partial charge in [-0.25, -0.2) is 0 Å². The Morgan fingerprint density at radius 3 is 2.67 bits per heavy atom. The molecule has 21 heavy (non-hydrogen) atoms. The molecule has 104 valence electrons. The average Bonchev–Trinajstić information content (AvgIpc) is 2.48. The van der Waals surface area contributed by atoms with Gasteiger partial charge in [-0.05, 0) is 44.2 Å². The number of Topliss-reactive ketones (excluding diaryl/α,β-unsaturated/α-hetero) is 1. The van der Waals surface area contributed by atoms with Gasteiger partial charge in [0.05, 0.1) is 5.52 Å². The number of fused-ring (bicyclic) bond motifs is 1. The van der Waals surface area contributed by atoms with Gasteiger partial charge in [0.1, 0.15) is 0 Å². The third kappa shape index (κ3) is 2.63. The molecule has 1 N–H and O–H groups in total. The average molecular weight is 276 g/mol. The first-order chi connectivity index (χ1) is 10.1. The van der Waals surface area contributed by atoms with Gasteiger partial charge in [0.2, 0.25) is 0 Å². The summed E-state index contributed by atoms with van der Waals surface area (Å²) in [5.41, 5.74) is 4.58. The van der Waals surface area contributed by atoms with E-state index in [-0.39, 0.29) is 5.78 Å². The van der Waals surface area contributed by atoms with Crippen LogP contribution in [0, 0.1) is 6.92 Å². The number of para-hydroxylation sites is 1. The van der Waals surface area contributed by atoms with Gasteiger partial charge in [0, 0.05) is 28.5 Å². The Kier molecular flexibility index (Phi) is 3.40. The predicted molar refractivity (Wildman–Crippen MR) is 86.2 cm³/mol. The number of ketones is 1. The fourth-order valence-electron chi connectivity index (χ4n) is 2.41. The maximum atomic E-state index is 11.7. The van der Waals surface area contributed by atoms with Crippen LogP contribution >= 0.6 is 0 Å². The zero-order valence-electron chi connectivity index (χ0n) is 12.1. The molecule has 0 saturated carbocycles. The molecule has 1 heterocycles. The van der Waals surface area contributed by atoms with Crippen LogP contribution in [0.1, 0.15) is 22.8 Å². The Morgan fingerprint density at radius 1 is 1.05 bits per heavy atom. The van der Waals surface area contributed by atoms with Crippen LogP contribution in [0.5, 0.6) is 0 Å². The molecule has 3 heteroatoms. The highest BCUT2D eigenvalue weighted by Gasteiger charge is 2.08. The highest BCUT2D eigenvalue weighted by atomic mass is 16.1. The number of carbonyl (C=O) groups is 1. The number of hydrogen-bond donors (Lipinski definition) is 1. The zero-order chi connectivity index (χ0) is 14.8. The van der Waals surface area contributed by atoms with E-state index in [1.807, 2.05) is 42.5 Å². The SMILES string of the molecule is CC(=O)c1ccccc1Nc1ccnc2ccc(C)cc12. The van der Waals surface area contributed by atoms with Crippen molar-refractivity contribution in [1.82, 2.24) is 4.98 Å². The van der Waals surface area contributed by atoms with Crippen molar-refractivity contribution in [2.24, 2.45) is 0 Å². The maximum absolute atomic E-state index is 11.7. The first-order valence-corrected chi connectivity index (χ1v) is 6.87. The van der Waals surface area contributed by atoms with Crippen LogP contribution in [0.15, 0.2) is 54.7 Å². The van der Waals surface area contributed by atoms with E-state index in [2.05, 4.69) is 23.3 Å². The molecule has 3 rings (SSSR count). The summed E-state index contributed by atoms with van der Waals surface area (Å²) in [6.45, 7) is 3.63. The van der Waals surface area contributed by atoms with Crippen LogP contribution in [0.3, 0.4) is 0 Å². The van der Waals surface area contributed by atoms with E-state index in [9.17, 15) is 4.79 Å². The largest absolute Gasteiger partial charge is 0.354 e. The number of aryl methyl sites for hydroxylation is 1. The van der Waals surface area contributed by atoms with Gasteiger partial charge in [-0.3, -0.25) is 9.78 Å². The molecule has 0 aliphatic rings. The highest BCUT2D eigenvalue weighted by molar-refractivity contribution is 6.02. The van der Waals surface area contributed by atoms with Crippen molar-refractivity contribution in [2.45, 2.75) is 13.8 Å². The summed E-state index contributed by atoms with van der Waals surface area (Å²) in [4.78, 5) is 16.1. The standard InChI is InChI=1S/C18H16N2O/c1-12-7-8-16-15(11-12)18(9-10-19-16)20-17-6-4-3-5-14(17)13(2)21/h3-11H,1-2H3,(H,19,20). The molecule has 2 aromatic carbocycles. The Hall–Kier alpha value is -2.68. The first-order valence-electron chi connectivity index (χ1n) is 6.87. The number of pyridine rings is 1. The number of anilines is 2. The van der Waals surface area contributed by atoms with E-state index in [0.29, 0.717) is 5.56 Å². The Morgan fingerprint density at radius 2 is 1.86 bits per heavy atom. The van der Waals surface area contributed by atoms with E-state index >= 15 is 0 Å². The maximum Gasteiger partial charge on any atom is 0.161 e. The lowest BCUT2D eigenvalue weighted by Crippen LogP contribution is -2.00. The van der Waals surface area contributed by atoms with Crippen molar-refractivity contribution in [3.8, 4) is 0 Å². The fraction of sp³-hybridized carbons (Fsp3) is 0.111. The number of aromatic nitrogens is 1. The summed E-state index contributed by atoms with van der Waals surface area (Å²) in [5.74, 6) is 0.0487. The summed E-state index contributed by atoms with van der Waals surface area (Å²) < 4.78 is 0.